The molecule has 0 heterocycles. The summed E-state index contributed by atoms with van der Waals surface area (Å²) in [5.41, 5.74) is 1.27. The molecule has 0 bridgehead atoms. The Hall–Kier alpha value is -1.44. The molecule has 14 heavy (non-hydrogen) atoms. The van der Waals surface area contributed by atoms with Gasteiger partial charge in [-0.05, 0) is 12.0 Å². The van der Waals surface area contributed by atoms with Gasteiger partial charge in [-0.2, -0.15) is 0 Å². The van der Waals surface area contributed by atoms with Crippen molar-refractivity contribution in [2.75, 3.05) is 6.54 Å². The van der Waals surface area contributed by atoms with Crippen LogP contribution in [0.3, 0.4) is 0 Å². The van der Waals surface area contributed by atoms with Gasteiger partial charge in [-0.1, -0.05) is 43.8 Å². The lowest BCUT2D eigenvalue weighted by Gasteiger charge is -2.11. The number of hydrogen-bond acceptors (Lipinski definition) is 2. The Kier molecular flexibility index (Phi) is 4.62. The second-order valence-electron chi connectivity index (χ2n) is 3.24. The van der Waals surface area contributed by atoms with E-state index in [0.29, 0.717) is 0 Å². The molecule has 0 fully saturated rings. The van der Waals surface area contributed by atoms with E-state index in [2.05, 4.69) is 36.3 Å². The normalized spacial score (nSPS) is 9.50. The Morgan fingerprint density at radius 3 is 2.57 bits per heavy atom. The maximum absolute atomic E-state index is 3.89. The smallest absolute Gasteiger partial charge is 0.0915 e. The second kappa shape index (κ2) is 6.08. The predicted molar refractivity (Wildman–Crippen MR) is 60.7 cm³/mol. The first-order valence-electron chi connectivity index (χ1n) is 5.03. The van der Waals surface area contributed by atoms with Crippen molar-refractivity contribution in [2.45, 2.75) is 19.9 Å². The number of hydrogen-bond donors (Lipinski definition) is 2. The van der Waals surface area contributed by atoms with Crippen LogP contribution in [0.25, 0.3) is 0 Å². The minimum absolute atomic E-state index is 0.830. The second-order valence-corrected chi connectivity index (χ2v) is 3.24. The van der Waals surface area contributed by atoms with Crippen molar-refractivity contribution in [1.82, 2.24) is 10.6 Å². The van der Waals surface area contributed by atoms with Crippen LogP contribution < -0.4 is 10.6 Å². The van der Waals surface area contributed by atoms with Gasteiger partial charge >= 0.3 is 0 Å². The van der Waals surface area contributed by atoms with Crippen molar-refractivity contribution in [1.29, 1.82) is 0 Å². The van der Waals surface area contributed by atoms with Gasteiger partial charge in [0.25, 0.3) is 0 Å². The summed E-state index contributed by atoms with van der Waals surface area (Å²) in [7, 11) is 0. The van der Waals surface area contributed by atoms with Crippen molar-refractivity contribution in [3.63, 3.8) is 0 Å². The quantitative estimate of drug-likeness (QED) is 0.719. The highest BCUT2D eigenvalue weighted by Crippen LogP contribution is 1.97. The maximum atomic E-state index is 3.89. The summed E-state index contributed by atoms with van der Waals surface area (Å²) in [4.78, 5) is 0. The first-order chi connectivity index (χ1) is 6.83. The zero-order chi connectivity index (χ0) is 10.2. The fourth-order valence-corrected chi connectivity index (χ4v) is 1.14. The van der Waals surface area contributed by atoms with Gasteiger partial charge in [-0.15, -0.1) is 0 Å². The molecule has 1 aromatic rings. The van der Waals surface area contributed by atoms with Gasteiger partial charge in [0, 0.05) is 13.1 Å². The Balaban J connectivity index is 2.24. The van der Waals surface area contributed by atoms with Crippen molar-refractivity contribution in [2.24, 2.45) is 0 Å². The minimum Gasteiger partial charge on any atom is -0.372 e. The van der Waals surface area contributed by atoms with E-state index in [-0.39, 0.29) is 0 Å². The first kappa shape index (κ1) is 10.6. The van der Waals surface area contributed by atoms with Crippen LogP contribution in [0.5, 0.6) is 0 Å². The number of nitrogens with one attached hydrogen (secondary N) is 2. The summed E-state index contributed by atoms with van der Waals surface area (Å²) in [5.74, 6) is 0.899. The van der Waals surface area contributed by atoms with Crippen LogP contribution >= 0.6 is 0 Å². The number of rotatable bonds is 6. The predicted octanol–water partition coefficient (Wildman–Crippen LogP) is 2.25. The Bertz CT molecular complexity index is 267. The Morgan fingerprint density at radius 1 is 1.21 bits per heavy atom. The molecule has 0 aliphatic carbocycles. The fraction of sp³-hybridized carbons (Fsp3) is 0.333. The third-order valence-electron chi connectivity index (χ3n) is 1.94. The van der Waals surface area contributed by atoms with E-state index >= 15 is 0 Å². The van der Waals surface area contributed by atoms with Gasteiger partial charge in [-0.25, -0.2) is 0 Å². The summed E-state index contributed by atoms with van der Waals surface area (Å²) in [5, 5.41) is 6.43. The van der Waals surface area contributed by atoms with Gasteiger partial charge in [0.1, 0.15) is 0 Å². The highest BCUT2D eigenvalue weighted by molar-refractivity contribution is 5.15. The molecule has 76 valence electrons. The minimum atomic E-state index is 0.830. The molecule has 0 spiro atoms. The Morgan fingerprint density at radius 2 is 1.93 bits per heavy atom. The zero-order valence-corrected chi connectivity index (χ0v) is 8.72. The lowest BCUT2D eigenvalue weighted by atomic mass is 10.2. The molecule has 1 rings (SSSR count). The van der Waals surface area contributed by atoms with E-state index in [9.17, 15) is 0 Å². The van der Waals surface area contributed by atoms with Crippen LogP contribution in [-0.2, 0) is 6.54 Å². The molecule has 0 aliphatic rings. The topological polar surface area (TPSA) is 24.1 Å². The number of benzene rings is 1. The molecule has 0 amide bonds. The van der Waals surface area contributed by atoms with Crippen LogP contribution in [0.1, 0.15) is 18.9 Å². The average Bonchev–Trinajstić information content (AvgIpc) is 2.25. The highest BCUT2D eigenvalue weighted by Gasteiger charge is 1.92. The molecule has 0 saturated heterocycles. The molecule has 1 aromatic carbocycles. The van der Waals surface area contributed by atoms with Crippen LogP contribution in [0.2, 0.25) is 0 Å². The van der Waals surface area contributed by atoms with E-state index in [0.717, 1.165) is 25.3 Å². The first-order valence-corrected chi connectivity index (χ1v) is 5.03. The lowest BCUT2D eigenvalue weighted by Crippen LogP contribution is -2.25. The molecule has 2 heteroatoms. The van der Waals surface area contributed by atoms with Gasteiger partial charge in [-0.3, -0.25) is 0 Å². The average molecular weight is 190 g/mol. The molecule has 0 unspecified atom stereocenters. The van der Waals surface area contributed by atoms with Crippen LogP contribution in [0.15, 0.2) is 42.7 Å². The molecular formula is C12H18N2. The van der Waals surface area contributed by atoms with E-state index < -0.39 is 0 Å². The Labute approximate surface area is 86.0 Å². The molecule has 0 aromatic heterocycles. The summed E-state index contributed by atoms with van der Waals surface area (Å²) in [6, 6.07) is 10.3. The van der Waals surface area contributed by atoms with Gasteiger partial charge in [0.15, 0.2) is 0 Å². The standard InChI is InChI=1S/C12H18N2/c1-3-9-13-11(2)14-10-12-7-5-4-6-8-12/h4-8,13-14H,2-3,9-10H2,1H3. The monoisotopic (exact) mass is 190 g/mol. The molecule has 2 nitrogen and oxygen atoms in total. The van der Waals surface area contributed by atoms with Crippen LogP contribution in [0.4, 0.5) is 0 Å². The van der Waals surface area contributed by atoms with E-state index in [1.807, 2.05) is 18.2 Å². The molecule has 2 N–H and O–H groups in total. The van der Waals surface area contributed by atoms with E-state index in [1.165, 1.54) is 5.56 Å². The maximum Gasteiger partial charge on any atom is 0.0915 e. The molecule has 0 saturated carbocycles. The third kappa shape index (κ3) is 3.99. The highest BCUT2D eigenvalue weighted by atomic mass is 15.1. The van der Waals surface area contributed by atoms with Gasteiger partial charge in [0.2, 0.25) is 0 Å². The van der Waals surface area contributed by atoms with Crippen molar-refractivity contribution in [3.8, 4) is 0 Å². The summed E-state index contributed by atoms with van der Waals surface area (Å²) < 4.78 is 0. The lowest BCUT2D eigenvalue weighted by molar-refractivity contribution is 0.674. The van der Waals surface area contributed by atoms with E-state index in [1.54, 1.807) is 0 Å². The molecule has 0 atom stereocenters. The van der Waals surface area contributed by atoms with Crippen molar-refractivity contribution in [3.05, 3.63) is 48.3 Å². The summed E-state index contributed by atoms with van der Waals surface area (Å²) >= 11 is 0. The summed E-state index contributed by atoms with van der Waals surface area (Å²) in [6.07, 6.45) is 1.12. The van der Waals surface area contributed by atoms with Crippen LogP contribution in [-0.4, -0.2) is 6.54 Å². The zero-order valence-electron chi connectivity index (χ0n) is 8.72. The molecule has 0 radical (unpaired) electrons. The van der Waals surface area contributed by atoms with Gasteiger partial charge in [0.05, 0.1) is 5.82 Å². The van der Waals surface area contributed by atoms with Crippen molar-refractivity contribution < 1.29 is 0 Å². The largest absolute Gasteiger partial charge is 0.372 e. The van der Waals surface area contributed by atoms with Crippen molar-refractivity contribution >= 4 is 0 Å². The fourth-order valence-electron chi connectivity index (χ4n) is 1.14. The SMILES string of the molecule is C=C(NCCC)NCc1ccccc1. The third-order valence-corrected chi connectivity index (χ3v) is 1.94. The molecular weight excluding hydrogens is 172 g/mol. The van der Waals surface area contributed by atoms with Gasteiger partial charge < -0.3 is 10.6 Å². The van der Waals surface area contributed by atoms with E-state index in [4.69, 9.17) is 0 Å². The van der Waals surface area contributed by atoms with Crippen LogP contribution in [0, 0.1) is 0 Å². The molecule has 0 aliphatic heterocycles. The summed E-state index contributed by atoms with van der Waals surface area (Å²) in [6.45, 7) is 7.82.